The summed E-state index contributed by atoms with van der Waals surface area (Å²) in [6.45, 7) is 3.93. The van der Waals surface area contributed by atoms with Gasteiger partial charge in [-0.3, -0.25) is 4.79 Å². The highest BCUT2D eigenvalue weighted by Gasteiger charge is 2.13. The average Bonchev–Trinajstić information content (AvgIpc) is 2.86. The third kappa shape index (κ3) is 2.79. The molecule has 2 heterocycles. The van der Waals surface area contributed by atoms with E-state index in [1.807, 2.05) is 18.2 Å². The van der Waals surface area contributed by atoms with Gasteiger partial charge >= 0.3 is 0 Å². The van der Waals surface area contributed by atoms with Crippen LogP contribution in [0.5, 0.6) is 0 Å². The molecule has 2 aromatic heterocycles. The van der Waals surface area contributed by atoms with Crippen molar-refractivity contribution in [3.05, 3.63) is 65.1 Å². The number of carbonyl (C=O) groups is 1. The zero-order chi connectivity index (χ0) is 16.6. The second kappa shape index (κ2) is 5.79. The fourth-order valence-corrected chi connectivity index (χ4v) is 2.47. The minimum Gasteiger partial charge on any atom is -0.319 e. The number of hydrogen-bond acceptors (Lipinski definition) is 2. The van der Waals surface area contributed by atoms with E-state index in [0.29, 0.717) is 5.56 Å². The van der Waals surface area contributed by atoms with Crippen molar-refractivity contribution in [2.45, 2.75) is 20.3 Å². The van der Waals surface area contributed by atoms with Crippen molar-refractivity contribution in [3.63, 3.8) is 0 Å². The Kier molecular flexibility index (Phi) is 3.82. The molecule has 0 aliphatic heterocycles. The molecule has 0 radical (unpaired) electrons. The molecule has 6 heteroatoms. The summed E-state index contributed by atoms with van der Waals surface area (Å²) in [7, 11) is 0. The Morgan fingerprint density at radius 1 is 1.26 bits per heavy atom. The van der Waals surface area contributed by atoms with E-state index in [9.17, 15) is 13.6 Å². The number of hydrogen-bond donors (Lipinski definition) is 1. The summed E-state index contributed by atoms with van der Waals surface area (Å²) < 4.78 is 28.6. The quantitative estimate of drug-likeness (QED) is 0.800. The molecule has 0 aliphatic rings. The van der Waals surface area contributed by atoms with E-state index in [-0.39, 0.29) is 5.69 Å². The lowest BCUT2D eigenvalue weighted by atomic mass is 10.2. The van der Waals surface area contributed by atoms with E-state index < -0.39 is 17.5 Å². The Morgan fingerprint density at radius 3 is 2.78 bits per heavy atom. The summed E-state index contributed by atoms with van der Waals surface area (Å²) in [5.74, 6) is -1.81. The number of imidazole rings is 1. The summed E-state index contributed by atoms with van der Waals surface area (Å²) in [5, 5.41) is 2.38. The smallest absolute Gasteiger partial charge is 0.257 e. The van der Waals surface area contributed by atoms with Crippen LogP contribution in [0.4, 0.5) is 14.5 Å². The molecule has 0 fully saturated rings. The first-order valence-corrected chi connectivity index (χ1v) is 7.23. The van der Waals surface area contributed by atoms with Crippen molar-refractivity contribution in [2.24, 2.45) is 0 Å². The molecule has 1 aromatic carbocycles. The summed E-state index contributed by atoms with van der Waals surface area (Å²) in [5.41, 5.74) is 2.80. The fourth-order valence-electron chi connectivity index (χ4n) is 2.47. The molecule has 0 spiro atoms. The highest BCUT2D eigenvalue weighted by molar-refractivity contribution is 6.04. The fraction of sp³-hybridized carbons (Fsp3) is 0.176. The number of anilines is 1. The van der Waals surface area contributed by atoms with Crippen LogP contribution in [0, 0.1) is 18.6 Å². The minimum atomic E-state index is -0.687. The second-order valence-electron chi connectivity index (χ2n) is 5.22. The molecular formula is C17H15F2N3O. The molecule has 0 unspecified atom stereocenters. The Labute approximate surface area is 131 Å². The highest BCUT2D eigenvalue weighted by atomic mass is 19.1. The molecule has 0 atom stereocenters. The summed E-state index contributed by atoms with van der Waals surface area (Å²) >= 11 is 0. The number of pyridine rings is 1. The zero-order valence-corrected chi connectivity index (χ0v) is 12.7. The maximum atomic E-state index is 13.6. The number of benzene rings is 1. The van der Waals surface area contributed by atoms with E-state index in [2.05, 4.69) is 10.3 Å². The summed E-state index contributed by atoms with van der Waals surface area (Å²) in [6, 6.07) is 6.25. The number of halogens is 2. The van der Waals surface area contributed by atoms with Gasteiger partial charge < -0.3 is 9.72 Å². The molecule has 0 saturated heterocycles. The van der Waals surface area contributed by atoms with Crippen molar-refractivity contribution in [1.29, 1.82) is 0 Å². The molecule has 0 aliphatic carbocycles. The summed E-state index contributed by atoms with van der Waals surface area (Å²) in [4.78, 5) is 16.7. The van der Waals surface area contributed by atoms with Gasteiger partial charge in [0, 0.05) is 18.0 Å². The van der Waals surface area contributed by atoms with Crippen molar-refractivity contribution >= 4 is 17.2 Å². The third-order valence-electron chi connectivity index (χ3n) is 3.73. The normalized spacial score (nSPS) is 11.0. The third-order valence-corrected chi connectivity index (χ3v) is 3.73. The molecule has 0 bridgehead atoms. The molecule has 3 aromatic rings. The van der Waals surface area contributed by atoms with Gasteiger partial charge in [0.05, 0.1) is 16.9 Å². The maximum Gasteiger partial charge on any atom is 0.257 e. The lowest BCUT2D eigenvalue weighted by Crippen LogP contribution is -2.14. The van der Waals surface area contributed by atoms with E-state index in [4.69, 9.17) is 0 Å². The highest BCUT2D eigenvalue weighted by Crippen LogP contribution is 2.18. The Hall–Kier alpha value is -2.76. The number of nitrogens with one attached hydrogen (secondary N) is 1. The Bertz CT molecular complexity index is 902. The number of fused-ring (bicyclic) bond motifs is 1. The van der Waals surface area contributed by atoms with Crippen molar-refractivity contribution in [1.82, 2.24) is 9.38 Å². The minimum absolute atomic E-state index is 0.188. The lowest BCUT2D eigenvalue weighted by molar-refractivity contribution is 0.102. The van der Waals surface area contributed by atoms with Gasteiger partial charge in [-0.2, -0.15) is 0 Å². The Morgan fingerprint density at radius 2 is 2.04 bits per heavy atom. The summed E-state index contributed by atoms with van der Waals surface area (Å²) in [6.07, 6.45) is 2.44. The largest absolute Gasteiger partial charge is 0.319 e. The number of nitrogens with zero attached hydrogens (tertiary/aromatic N) is 2. The molecule has 4 nitrogen and oxygen atoms in total. The van der Waals surface area contributed by atoms with Crippen LogP contribution in [0.25, 0.3) is 5.65 Å². The first-order valence-electron chi connectivity index (χ1n) is 7.23. The number of carbonyl (C=O) groups excluding carboxylic acids is 1. The van der Waals surface area contributed by atoms with E-state index >= 15 is 0 Å². The second-order valence-corrected chi connectivity index (χ2v) is 5.22. The maximum absolute atomic E-state index is 13.6. The van der Waals surface area contributed by atoms with Gasteiger partial charge in [0.25, 0.3) is 5.91 Å². The number of rotatable bonds is 3. The topological polar surface area (TPSA) is 46.4 Å². The standard InChI is InChI=1S/C17H15F2N3O/c1-3-14-10(2)22-9-11(4-7-16(22)20-14)17(23)21-15-8-12(18)5-6-13(15)19/h4-9H,3H2,1-2H3,(H,21,23). The number of aryl methyl sites for hydroxylation is 2. The number of aromatic nitrogens is 2. The van der Waals surface area contributed by atoms with Gasteiger partial charge in [-0.05, 0) is 37.6 Å². The predicted molar refractivity (Wildman–Crippen MR) is 83.6 cm³/mol. The van der Waals surface area contributed by atoms with E-state index in [1.165, 1.54) is 0 Å². The molecule has 23 heavy (non-hydrogen) atoms. The van der Waals surface area contributed by atoms with Gasteiger partial charge in [0.15, 0.2) is 0 Å². The SMILES string of the molecule is CCc1nc2ccc(C(=O)Nc3cc(F)ccc3F)cn2c1C. The van der Waals surface area contributed by atoms with Gasteiger partial charge in [-0.25, -0.2) is 13.8 Å². The van der Waals surface area contributed by atoms with Crippen LogP contribution >= 0.6 is 0 Å². The van der Waals surface area contributed by atoms with Crippen LogP contribution in [-0.2, 0) is 6.42 Å². The first kappa shape index (κ1) is 15.1. The van der Waals surface area contributed by atoms with Crippen LogP contribution < -0.4 is 5.32 Å². The van der Waals surface area contributed by atoms with Crippen molar-refractivity contribution in [3.8, 4) is 0 Å². The van der Waals surface area contributed by atoms with Crippen LogP contribution in [0.1, 0.15) is 28.7 Å². The van der Waals surface area contributed by atoms with Gasteiger partial charge in [0.2, 0.25) is 0 Å². The monoisotopic (exact) mass is 315 g/mol. The van der Waals surface area contributed by atoms with Crippen LogP contribution in [0.15, 0.2) is 36.5 Å². The van der Waals surface area contributed by atoms with Gasteiger partial charge in [0.1, 0.15) is 17.3 Å². The van der Waals surface area contributed by atoms with Crippen LogP contribution in [0.3, 0.4) is 0 Å². The molecule has 118 valence electrons. The zero-order valence-electron chi connectivity index (χ0n) is 12.7. The number of amides is 1. The molecule has 1 amide bonds. The average molecular weight is 315 g/mol. The molecule has 0 saturated carbocycles. The molecule has 1 N–H and O–H groups in total. The van der Waals surface area contributed by atoms with Crippen molar-refractivity contribution in [2.75, 3.05) is 5.32 Å². The van der Waals surface area contributed by atoms with Gasteiger partial charge in [-0.1, -0.05) is 6.92 Å². The van der Waals surface area contributed by atoms with Gasteiger partial charge in [-0.15, -0.1) is 0 Å². The molecule has 3 rings (SSSR count). The predicted octanol–water partition coefficient (Wildman–Crippen LogP) is 3.74. The lowest BCUT2D eigenvalue weighted by Gasteiger charge is -2.07. The van der Waals surface area contributed by atoms with E-state index in [0.717, 1.165) is 41.7 Å². The van der Waals surface area contributed by atoms with Crippen LogP contribution in [-0.4, -0.2) is 15.3 Å². The molecular weight excluding hydrogens is 300 g/mol. The van der Waals surface area contributed by atoms with E-state index in [1.54, 1.807) is 18.3 Å². The Balaban J connectivity index is 1.94. The van der Waals surface area contributed by atoms with Crippen molar-refractivity contribution < 1.29 is 13.6 Å². The first-order chi connectivity index (χ1) is 11.0. The van der Waals surface area contributed by atoms with Crippen LogP contribution in [0.2, 0.25) is 0 Å².